The molecule has 0 bridgehead atoms. The van der Waals surface area contributed by atoms with Crippen molar-refractivity contribution in [1.82, 2.24) is 19.7 Å². The van der Waals surface area contributed by atoms with Crippen LogP contribution < -0.4 is 16.1 Å². The lowest BCUT2D eigenvalue weighted by molar-refractivity contribution is 0.834. The van der Waals surface area contributed by atoms with E-state index in [0.717, 1.165) is 45.7 Å². The summed E-state index contributed by atoms with van der Waals surface area (Å²) >= 11 is 3.49. The van der Waals surface area contributed by atoms with Gasteiger partial charge in [-0.05, 0) is 63.6 Å². The smallest absolute Gasteiger partial charge is 0.323 e. The van der Waals surface area contributed by atoms with E-state index in [9.17, 15) is 9.59 Å². The van der Waals surface area contributed by atoms with Gasteiger partial charge in [-0.15, -0.1) is 0 Å². The standard InChI is InChI=1S/C23H25BrN6O2/c1-5-29(6-2)21-11-19-18(26-23(32)27-19)10-20(21)25-12-16-14(4)28-30(22(16)31)15-7-8-17(24)13(3)9-15/h7-12,28H,5-6H2,1-4H3,(H2,26,27,32). The molecule has 8 nitrogen and oxygen atoms in total. The van der Waals surface area contributed by atoms with Gasteiger partial charge in [-0.1, -0.05) is 15.9 Å². The molecule has 0 aliphatic heterocycles. The molecule has 0 unspecified atom stereocenters. The van der Waals surface area contributed by atoms with E-state index in [4.69, 9.17) is 0 Å². The Morgan fingerprint density at radius 1 is 1.06 bits per heavy atom. The highest BCUT2D eigenvalue weighted by Gasteiger charge is 2.14. The lowest BCUT2D eigenvalue weighted by atomic mass is 10.2. The number of benzene rings is 2. The number of H-pyrrole nitrogens is 3. The first-order valence-electron chi connectivity index (χ1n) is 10.5. The molecule has 0 atom stereocenters. The first-order valence-corrected chi connectivity index (χ1v) is 11.2. The van der Waals surface area contributed by atoms with E-state index >= 15 is 0 Å². The SMILES string of the molecule is CCN(CC)c1cc2[nH]c(=O)[nH]c2cc1N=Cc1c(C)[nH]n(-c2ccc(Br)c(C)c2)c1=O. The highest BCUT2D eigenvalue weighted by Crippen LogP contribution is 2.32. The van der Waals surface area contributed by atoms with Gasteiger partial charge >= 0.3 is 5.69 Å². The predicted octanol–water partition coefficient (Wildman–Crippen LogP) is 4.31. The predicted molar refractivity (Wildman–Crippen MR) is 133 cm³/mol. The summed E-state index contributed by atoms with van der Waals surface area (Å²) in [4.78, 5) is 37.3. The van der Waals surface area contributed by atoms with Gasteiger partial charge in [0.15, 0.2) is 0 Å². The minimum Gasteiger partial charge on any atom is -0.370 e. The molecule has 2 heterocycles. The van der Waals surface area contributed by atoms with Gasteiger partial charge in [0.05, 0.1) is 33.7 Å². The molecule has 9 heteroatoms. The zero-order chi connectivity index (χ0) is 23.0. The number of nitrogens with one attached hydrogen (secondary N) is 3. The number of aromatic nitrogens is 4. The maximum Gasteiger partial charge on any atom is 0.323 e. The summed E-state index contributed by atoms with van der Waals surface area (Å²) in [5, 5.41) is 3.14. The molecule has 2 aromatic heterocycles. The monoisotopic (exact) mass is 496 g/mol. The number of imidazole rings is 1. The molecular weight excluding hydrogens is 472 g/mol. The van der Waals surface area contributed by atoms with E-state index < -0.39 is 0 Å². The maximum absolute atomic E-state index is 13.1. The number of aromatic amines is 3. The summed E-state index contributed by atoms with van der Waals surface area (Å²) in [6, 6.07) is 9.49. The number of fused-ring (bicyclic) bond motifs is 1. The van der Waals surface area contributed by atoms with Crippen LogP contribution >= 0.6 is 15.9 Å². The third-order valence-corrected chi connectivity index (χ3v) is 6.45. The minimum atomic E-state index is -0.263. The number of hydrogen-bond acceptors (Lipinski definition) is 4. The van der Waals surface area contributed by atoms with Gasteiger partial charge in [0, 0.05) is 29.5 Å². The molecule has 0 saturated heterocycles. The van der Waals surface area contributed by atoms with Gasteiger partial charge in [0.25, 0.3) is 5.56 Å². The summed E-state index contributed by atoms with van der Waals surface area (Å²) in [6.45, 7) is 9.54. The molecule has 0 fully saturated rings. The first-order chi connectivity index (χ1) is 15.3. The number of aliphatic imine (C=N–C) groups is 1. The van der Waals surface area contributed by atoms with Crippen LogP contribution in [-0.4, -0.2) is 39.1 Å². The van der Waals surface area contributed by atoms with Crippen molar-refractivity contribution in [1.29, 1.82) is 0 Å². The molecule has 3 N–H and O–H groups in total. The second kappa shape index (κ2) is 8.66. The molecule has 166 valence electrons. The average Bonchev–Trinajstić information content (AvgIpc) is 3.26. The number of aryl methyl sites for hydroxylation is 2. The number of halogens is 1. The van der Waals surface area contributed by atoms with Crippen molar-refractivity contribution in [2.75, 3.05) is 18.0 Å². The van der Waals surface area contributed by atoms with Crippen molar-refractivity contribution in [2.24, 2.45) is 4.99 Å². The van der Waals surface area contributed by atoms with Crippen LogP contribution in [0.2, 0.25) is 0 Å². The lowest BCUT2D eigenvalue weighted by Gasteiger charge is -2.22. The number of rotatable bonds is 6. The van der Waals surface area contributed by atoms with Gasteiger partial charge in [0.1, 0.15) is 0 Å². The number of nitrogens with zero attached hydrogens (tertiary/aromatic N) is 3. The quantitative estimate of drug-likeness (QED) is 0.346. The molecule has 0 saturated carbocycles. The maximum atomic E-state index is 13.1. The Morgan fingerprint density at radius 3 is 2.41 bits per heavy atom. The topological polar surface area (TPSA) is 102 Å². The molecule has 0 aliphatic carbocycles. The fraction of sp³-hybridized carbons (Fsp3) is 0.261. The zero-order valence-electron chi connectivity index (χ0n) is 18.4. The van der Waals surface area contributed by atoms with Crippen molar-refractivity contribution >= 4 is 44.6 Å². The van der Waals surface area contributed by atoms with Crippen molar-refractivity contribution in [3.63, 3.8) is 0 Å². The summed E-state index contributed by atoms with van der Waals surface area (Å²) in [5.74, 6) is 0. The zero-order valence-corrected chi connectivity index (χ0v) is 20.0. The summed E-state index contributed by atoms with van der Waals surface area (Å²) in [5.41, 5.74) is 5.54. The van der Waals surface area contributed by atoms with Crippen LogP contribution in [-0.2, 0) is 0 Å². The van der Waals surface area contributed by atoms with Crippen molar-refractivity contribution < 1.29 is 0 Å². The molecule has 0 radical (unpaired) electrons. The average molecular weight is 497 g/mol. The Balaban J connectivity index is 1.80. The van der Waals surface area contributed by atoms with E-state index in [0.29, 0.717) is 16.8 Å². The van der Waals surface area contributed by atoms with Crippen LogP contribution in [0.4, 0.5) is 11.4 Å². The normalized spacial score (nSPS) is 11.7. The summed E-state index contributed by atoms with van der Waals surface area (Å²) in [6.07, 6.45) is 1.59. The van der Waals surface area contributed by atoms with Crippen LogP contribution in [0.15, 0.2) is 49.4 Å². The van der Waals surface area contributed by atoms with E-state index in [1.165, 1.54) is 4.68 Å². The third-order valence-electron chi connectivity index (χ3n) is 5.56. The van der Waals surface area contributed by atoms with Crippen LogP contribution in [0.5, 0.6) is 0 Å². The Kier molecular flexibility index (Phi) is 5.92. The number of hydrogen-bond donors (Lipinski definition) is 3. The van der Waals surface area contributed by atoms with Crippen molar-refractivity contribution in [3.05, 3.63) is 72.5 Å². The van der Waals surface area contributed by atoms with Crippen LogP contribution in [0.25, 0.3) is 16.7 Å². The molecule has 0 spiro atoms. The fourth-order valence-electron chi connectivity index (χ4n) is 3.78. The molecular formula is C23H25BrN6O2. The molecule has 0 aliphatic rings. The Labute approximate surface area is 193 Å². The van der Waals surface area contributed by atoms with Crippen LogP contribution in [0.1, 0.15) is 30.7 Å². The van der Waals surface area contributed by atoms with E-state index in [2.05, 4.69) is 54.7 Å². The summed E-state index contributed by atoms with van der Waals surface area (Å²) in [7, 11) is 0. The van der Waals surface area contributed by atoms with E-state index in [1.54, 1.807) is 6.21 Å². The number of anilines is 1. The first kappa shape index (κ1) is 21.9. The third kappa shape index (κ3) is 3.95. The minimum absolute atomic E-state index is 0.173. The molecule has 2 aromatic carbocycles. The van der Waals surface area contributed by atoms with Crippen molar-refractivity contribution in [2.45, 2.75) is 27.7 Å². The van der Waals surface area contributed by atoms with Gasteiger partial charge in [-0.2, -0.15) is 0 Å². The van der Waals surface area contributed by atoms with Gasteiger partial charge in [-0.25, -0.2) is 9.48 Å². The van der Waals surface area contributed by atoms with Crippen LogP contribution in [0.3, 0.4) is 0 Å². The Morgan fingerprint density at radius 2 is 1.75 bits per heavy atom. The molecule has 32 heavy (non-hydrogen) atoms. The van der Waals surface area contributed by atoms with Gasteiger partial charge in [0.2, 0.25) is 0 Å². The van der Waals surface area contributed by atoms with Crippen molar-refractivity contribution in [3.8, 4) is 5.69 Å². The second-order valence-corrected chi connectivity index (χ2v) is 8.47. The largest absolute Gasteiger partial charge is 0.370 e. The molecule has 4 aromatic rings. The Hall–Kier alpha value is -3.33. The fourth-order valence-corrected chi connectivity index (χ4v) is 4.02. The van der Waals surface area contributed by atoms with E-state index in [-0.39, 0.29) is 11.2 Å². The highest BCUT2D eigenvalue weighted by atomic mass is 79.9. The van der Waals surface area contributed by atoms with Gasteiger partial charge < -0.3 is 14.9 Å². The summed E-state index contributed by atoms with van der Waals surface area (Å²) < 4.78 is 2.51. The Bertz CT molecular complexity index is 1440. The highest BCUT2D eigenvalue weighted by molar-refractivity contribution is 9.10. The molecule has 4 rings (SSSR count). The lowest BCUT2D eigenvalue weighted by Crippen LogP contribution is -2.22. The van der Waals surface area contributed by atoms with Crippen LogP contribution in [0, 0.1) is 13.8 Å². The van der Waals surface area contributed by atoms with E-state index in [1.807, 2.05) is 44.2 Å². The molecule has 0 amide bonds. The second-order valence-electron chi connectivity index (χ2n) is 7.62. The van der Waals surface area contributed by atoms with Gasteiger partial charge in [-0.3, -0.25) is 14.9 Å².